The highest BCUT2D eigenvalue weighted by Gasteiger charge is 2.10. The first kappa shape index (κ1) is 10.7. The van der Waals surface area contributed by atoms with Crippen LogP contribution >= 0.6 is 0 Å². The molecule has 82 valence electrons. The van der Waals surface area contributed by atoms with Gasteiger partial charge in [0.25, 0.3) is 0 Å². The summed E-state index contributed by atoms with van der Waals surface area (Å²) in [6.07, 6.45) is 9.69. The Morgan fingerprint density at radius 2 is 1.94 bits per heavy atom. The Labute approximate surface area is 94.8 Å². The Balaban J connectivity index is 2.13. The van der Waals surface area contributed by atoms with E-state index >= 15 is 0 Å². The summed E-state index contributed by atoms with van der Waals surface area (Å²) in [5, 5.41) is 3.24. The zero-order chi connectivity index (χ0) is 11.2. The third-order valence-electron chi connectivity index (χ3n) is 2.48. The lowest BCUT2D eigenvalue weighted by Gasteiger charge is -2.14. The van der Waals surface area contributed by atoms with Crippen molar-refractivity contribution in [2.45, 2.75) is 12.5 Å². The number of hydrogen-bond acceptors (Lipinski definition) is 4. The minimum Gasteiger partial charge on any atom is -0.311 e. The molecule has 0 spiro atoms. The van der Waals surface area contributed by atoms with Crippen LogP contribution in [0.1, 0.15) is 17.3 Å². The van der Waals surface area contributed by atoms with Gasteiger partial charge in [-0.05, 0) is 31.2 Å². The monoisotopic (exact) mass is 214 g/mol. The van der Waals surface area contributed by atoms with Crippen LogP contribution < -0.4 is 5.32 Å². The molecule has 1 N–H and O–H groups in total. The number of nitrogens with zero attached hydrogens (tertiary/aromatic N) is 3. The second-order valence-corrected chi connectivity index (χ2v) is 3.53. The van der Waals surface area contributed by atoms with Crippen molar-refractivity contribution >= 4 is 0 Å². The lowest BCUT2D eigenvalue weighted by Crippen LogP contribution is -2.20. The van der Waals surface area contributed by atoms with Gasteiger partial charge in [0.05, 0.1) is 11.7 Å². The Hall–Kier alpha value is -1.81. The fourth-order valence-electron chi connectivity index (χ4n) is 1.60. The molecule has 1 unspecified atom stereocenters. The molecule has 0 saturated heterocycles. The molecule has 2 aromatic rings. The standard InChI is InChI=1S/C12H14N4/c1-13-11(12-9-15-6-7-16-12)8-10-2-4-14-5-3-10/h2-7,9,11,13H,8H2,1H3. The molecular formula is C12H14N4. The van der Waals surface area contributed by atoms with E-state index in [2.05, 4.69) is 20.3 Å². The molecular weight excluding hydrogens is 200 g/mol. The molecule has 2 rings (SSSR count). The molecule has 0 amide bonds. The van der Waals surface area contributed by atoms with Gasteiger partial charge < -0.3 is 5.32 Å². The maximum absolute atomic E-state index is 4.31. The lowest BCUT2D eigenvalue weighted by molar-refractivity contribution is 0.573. The zero-order valence-electron chi connectivity index (χ0n) is 9.17. The summed E-state index contributed by atoms with van der Waals surface area (Å²) < 4.78 is 0. The fourth-order valence-corrected chi connectivity index (χ4v) is 1.60. The molecule has 0 radical (unpaired) electrons. The Kier molecular flexibility index (Phi) is 3.56. The van der Waals surface area contributed by atoms with Crippen LogP contribution in [0.25, 0.3) is 0 Å². The van der Waals surface area contributed by atoms with E-state index in [0.717, 1.165) is 12.1 Å². The highest BCUT2D eigenvalue weighted by molar-refractivity contribution is 5.15. The van der Waals surface area contributed by atoms with Crippen molar-refractivity contribution in [3.8, 4) is 0 Å². The lowest BCUT2D eigenvalue weighted by atomic mass is 10.1. The van der Waals surface area contributed by atoms with E-state index in [9.17, 15) is 0 Å². The van der Waals surface area contributed by atoms with Gasteiger partial charge in [-0.3, -0.25) is 15.0 Å². The molecule has 0 aliphatic heterocycles. The summed E-state index contributed by atoms with van der Waals surface area (Å²) in [4.78, 5) is 12.4. The van der Waals surface area contributed by atoms with Crippen molar-refractivity contribution < 1.29 is 0 Å². The highest BCUT2D eigenvalue weighted by atomic mass is 14.9. The molecule has 0 bridgehead atoms. The summed E-state index contributed by atoms with van der Waals surface area (Å²) in [6.45, 7) is 0. The third-order valence-corrected chi connectivity index (χ3v) is 2.48. The van der Waals surface area contributed by atoms with Crippen LogP contribution in [0.2, 0.25) is 0 Å². The maximum atomic E-state index is 4.31. The van der Waals surface area contributed by atoms with E-state index in [-0.39, 0.29) is 6.04 Å². The van der Waals surface area contributed by atoms with Crippen LogP contribution in [0, 0.1) is 0 Å². The molecule has 0 aromatic carbocycles. The van der Waals surface area contributed by atoms with E-state index in [0.29, 0.717) is 0 Å². The number of hydrogen-bond donors (Lipinski definition) is 1. The SMILES string of the molecule is CNC(Cc1ccncc1)c1cnccn1. The van der Waals surface area contributed by atoms with E-state index < -0.39 is 0 Å². The summed E-state index contributed by atoms with van der Waals surface area (Å²) in [5.41, 5.74) is 2.20. The molecule has 4 nitrogen and oxygen atoms in total. The highest BCUT2D eigenvalue weighted by Crippen LogP contribution is 2.14. The molecule has 0 saturated carbocycles. The van der Waals surface area contributed by atoms with Gasteiger partial charge in [-0.15, -0.1) is 0 Å². The quantitative estimate of drug-likeness (QED) is 0.835. The number of rotatable bonds is 4. The number of nitrogens with one attached hydrogen (secondary N) is 1. The first-order valence-electron chi connectivity index (χ1n) is 5.22. The summed E-state index contributed by atoms with van der Waals surface area (Å²) >= 11 is 0. The fraction of sp³-hybridized carbons (Fsp3) is 0.250. The molecule has 4 heteroatoms. The molecule has 2 heterocycles. The Morgan fingerprint density at radius 1 is 1.12 bits per heavy atom. The number of aromatic nitrogens is 3. The van der Waals surface area contributed by atoms with Crippen LogP contribution in [-0.4, -0.2) is 22.0 Å². The summed E-state index contributed by atoms with van der Waals surface area (Å²) in [6, 6.07) is 4.22. The van der Waals surface area contributed by atoms with Gasteiger partial charge in [-0.2, -0.15) is 0 Å². The van der Waals surface area contributed by atoms with Gasteiger partial charge in [0.15, 0.2) is 0 Å². The van der Waals surface area contributed by atoms with Crippen molar-refractivity contribution in [2.75, 3.05) is 7.05 Å². The summed E-state index contributed by atoms with van der Waals surface area (Å²) in [7, 11) is 1.93. The van der Waals surface area contributed by atoms with Crippen molar-refractivity contribution in [2.24, 2.45) is 0 Å². The van der Waals surface area contributed by atoms with E-state index in [1.165, 1.54) is 5.56 Å². The van der Waals surface area contributed by atoms with Gasteiger partial charge >= 0.3 is 0 Å². The van der Waals surface area contributed by atoms with Gasteiger partial charge in [-0.1, -0.05) is 0 Å². The second kappa shape index (κ2) is 5.32. The Bertz CT molecular complexity index is 416. The molecule has 0 aliphatic carbocycles. The second-order valence-electron chi connectivity index (χ2n) is 3.53. The van der Waals surface area contributed by atoms with Gasteiger partial charge in [0.1, 0.15) is 0 Å². The maximum Gasteiger partial charge on any atom is 0.0759 e. The average Bonchev–Trinajstić information content (AvgIpc) is 2.38. The van der Waals surface area contributed by atoms with Crippen molar-refractivity contribution in [1.82, 2.24) is 20.3 Å². The minimum absolute atomic E-state index is 0.191. The molecule has 2 aromatic heterocycles. The van der Waals surface area contributed by atoms with Crippen LogP contribution in [0.3, 0.4) is 0 Å². The zero-order valence-corrected chi connectivity index (χ0v) is 9.17. The van der Waals surface area contributed by atoms with Crippen LogP contribution in [0.5, 0.6) is 0 Å². The van der Waals surface area contributed by atoms with Gasteiger partial charge in [-0.25, -0.2) is 0 Å². The Morgan fingerprint density at radius 3 is 2.56 bits per heavy atom. The first-order valence-corrected chi connectivity index (χ1v) is 5.22. The predicted molar refractivity (Wildman–Crippen MR) is 61.8 cm³/mol. The predicted octanol–water partition coefficient (Wildman–Crippen LogP) is 1.37. The van der Waals surface area contributed by atoms with Crippen LogP contribution in [0.4, 0.5) is 0 Å². The van der Waals surface area contributed by atoms with E-state index in [1.54, 1.807) is 31.0 Å². The molecule has 0 fully saturated rings. The smallest absolute Gasteiger partial charge is 0.0759 e. The van der Waals surface area contributed by atoms with Crippen LogP contribution in [0.15, 0.2) is 43.1 Å². The largest absolute Gasteiger partial charge is 0.311 e. The number of pyridine rings is 1. The minimum atomic E-state index is 0.191. The van der Waals surface area contributed by atoms with Crippen molar-refractivity contribution in [3.63, 3.8) is 0 Å². The van der Waals surface area contributed by atoms with Crippen molar-refractivity contribution in [1.29, 1.82) is 0 Å². The van der Waals surface area contributed by atoms with Crippen molar-refractivity contribution in [3.05, 3.63) is 54.4 Å². The molecule has 16 heavy (non-hydrogen) atoms. The van der Waals surface area contributed by atoms with E-state index in [1.807, 2.05) is 19.2 Å². The van der Waals surface area contributed by atoms with Gasteiger partial charge in [0.2, 0.25) is 0 Å². The van der Waals surface area contributed by atoms with Gasteiger partial charge in [0, 0.05) is 31.0 Å². The summed E-state index contributed by atoms with van der Waals surface area (Å²) in [5.74, 6) is 0. The number of likely N-dealkylation sites (N-methyl/N-ethyl adjacent to an activating group) is 1. The average molecular weight is 214 g/mol. The molecule has 1 atom stereocenters. The third kappa shape index (κ3) is 2.61. The van der Waals surface area contributed by atoms with E-state index in [4.69, 9.17) is 0 Å². The topological polar surface area (TPSA) is 50.7 Å². The first-order chi connectivity index (χ1) is 7.90. The normalized spacial score (nSPS) is 12.3. The molecule has 0 aliphatic rings. The van der Waals surface area contributed by atoms with Crippen LogP contribution in [-0.2, 0) is 6.42 Å².